The molecule has 0 radical (unpaired) electrons. The first-order valence-corrected chi connectivity index (χ1v) is 5.84. The van der Waals surface area contributed by atoms with Gasteiger partial charge in [0.15, 0.2) is 5.76 Å². The first-order chi connectivity index (χ1) is 9.58. The van der Waals surface area contributed by atoms with Gasteiger partial charge < -0.3 is 9.73 Å². The molecular formula is C14H12N2O4. The van der Waals surface area contributed by atoms with Gasteiger partial charge in [0.1, 0.15) is 0 Å². The highest BCUT2D eigenvalue weighted by atomic mass is 16.6. The Labute approximate surface area is 114 Å². The maximum Gasteiger partial charge on any atom is 0.271 e. The van der Waals surface area contributed by atoms with Crippen LogP contribution in [0.4, 0.5) is 11.4 Å². The van der Waals surface area contributed by atoms with Crippen molar-refractivity contribution in [2.24, 2.45) is 0 Å². The number of hydrogen-bond acceptors (Lipinski definition) is 5. The second-order valence-corrected chi connectivity index (χ2v) is 4.08. The van der Waals surface area contributed by atoms with E-state index in [-0.39, 0.29) is 17.2 Å². The van der Waals surface area contributed by atoms with Crippen LogP contribution in [0.2, 0.25) is 0 Å². The Kier molecular flexibility index (Phi) is 3.95. The van der Waals surface area contributed by atoms with Crippen LogP contribution in [0.3, 0.4) is 0 Å². The number of benzene rings is 1. The predicted molar refractivity (Wildman–Crippen MR) is 73.6 cm³/mol. The van der Waals surface area contributed by atoms with E-state index in [0.29, 0.717) is 5.69 Å². The number of ketones is 1. The minimum absolute atomic E-state index is 0.0103. The summed E-state index contributed by atoms with van der Waals surface area (Å²) in [5.41, 5.74) is 1.40. The van der Waals surface area contributed by atoms with Gasteiger partial charge in [-0.1, -0.05) is 6.07 Å². The molecule has 0 aliphatic carbocycles. The van der Waals surface area contributed by atoms with E-state index in [0.717, 1.165) is 5.56 Å². The summed E-state index contributed by atoms with van der Waals surface area (Å²) in [4.78, 5) is 21.9. The van der Waals surface area contributed by atoms with Crippen molar-refractivity contribution in [2.75, 3.05) is 5.32 Å². The Bertz CT molecular complexity index is 660. The third-order valence-electron chi connectivity index (χ3n) is 2.67. The van der Waals surface area contributed by atoms with E-state index in [9.17, 15) is 14.9 Å². The summed E-state index contributed by atoms with van der Waals surface area (Å²) in [7, 11) is 0. The number of rotatable bonds is 5. The zero-order valence-electron chi connectivity index (χ0n) is 10.7. The summed E-state index contributed by atoms with van der Waals surface area (Å²) in [6.45, 7) is 1.81. The number of hydrogen-bond donors (Lipinski definition) is 1. The maximum atomic E-state index is 11.6. The van der Waals surface area contributed by atoms with E-state index in [4.69, 9.17) is 4.42 Å². The molecule has 0 saturated heterocycles. The average Bonchev–Trinajstić information content (AvgIpc) is 2.94. The van der Waals surface area contributed by atoms with E-state index >= 15 is 0 Å². The number of nitro groups is 1. The molecule has 1 aromatic heterocycles. The van der Waals surface area contributed by atoms with E-state index in [1.54, 1.807) is 18.2 Å². The molecule has 0 saturated carbocycles. The highest BCUT2D eigenvalue weighted by Gasteiger charge is 2.08. The van der Waals surface area contributed by atoms with Crippen LogP contribution in [0.15, 0.2) is 53.3 Å². The zero-order valence-corrected chi connectivity index (χ0v) is 10.7. The Balaban J connectivity index is 2.09. The monoisotopic (exact) mass is 272 g/mol. The molecule has 0 amide bonds. The number of anilines is 1. The Morgan fingerprint density at radius 3 is 2.85 bits per heavy atom. The van der Waals surface area contributed by atoms with Gasteiger partial charge in [-0.3, -0.25) is 14.9 Å². The number of allylic oxidation sites excluding steroid dienone is 1. The van der Waals surface area contributed by atoms with Crippen LogP contribution in [0.1, 0.15) is 16.1 Å². The highest BCUT2D eigenvalue weighted by molar-refractivity contribution is 6.02. The van der Waals surface area contributed by atoms with Crippen LogP contribution >= 0.6 is 0 Å². The molecule has 0 unspecified atom stereocenters. The Hall–Kier alpha value is -2.89. The van der Waals surface area contributed by atoms with Crippen molar-refractivity contribution < 1.29 is 14.1 Å². The average molecular weight is 272 g/mol. The summed E-state index contributed by atoms with van der Waals surface area (Å²) >= 11 is 0. The Morgan fingerprint density at radius 2 is 2.20 bits per heavy atom. The van der Waals surface area contributed by atoms with Crippen LogP contribution in [0, 0.1) is 17.0 Å². The fourth-order valence-corrected chi connectivity index (χ4v) is 1.59. The lowest BCUT2D eigenvalue weighted by molar-refractivity contribution is -0.384. The molecule has 0 aliphatic rings. The van der Waals surface area contributed by atoms with E-state index in [2.05, 4.69) is 5.32 Å². The molecule has 1 heterocycles. The van der Waals surface area contributed by atoms with E-state index in [1.165, 1.54) is 30.7 Å². The molecule has 0 aliphatic heterocycles. The minimum Gasteiger partial charge on any atom is -0.461 e. The van der Waals surface area contributed by atoms with Crippen molar-refractivity contribution in [2.45, 2.75) is 6.92 Å². The molecule has 0 fully saturated rings. The number of aryl methyl sites for hydroxylation is 1. The smallest absolute Gasteiger partial charge is 0.271 e. The van der Waals surface area contributed by atoms with Crippen LogP contribution in [0.25, 0.3) is 0 Å². The molecular weight excluding hydrogens is 260 g/mol. The summed E-state index contributed by atoms with van der Waals surface area (Å²) in [6.07, 6.45) is 4.15. The third-order valence-corrected chi connectivity index (χ3v) is 2.67. The number of nitrogens with one attached hydrogen (secondary N) is 1. The fourth-order valence-electron chi connectivity index (χ4n) is 1.59. The number of carbonyl (C=O) groups is 1. The normalized spacial score (nSPS) is 10.7. The number of furan rings is 1. The van der Waals surface area contributed by atoms with Crippen molar-refractivity contribution in [3.05, 3.63) is 70.3 Å². The first-order valence-electron chi connectivity index (χ1n) is 5.84. The van der Waals surface area contributed by atoms with Crippen LogP contribution in [-0.4, -0.2) is 10.7 Å². The minimum atomic E-state index is -0.470. The first kappa shape index (κ1) is 13.5. The van der Waals surface area contributed by atoms with Crippen LogP contribution in [-0.2, 0) is 0 Å². The summed E-state index contributed by atoms with van der Waals surface area (Å²) in [5, 5.41) is 13.5. The SMILES string of the molecule is Cc1ccc([N+](=O)[O-])cc1N/C=C/C(=O)c1ccco1. The van der Waals surface area contributed by atoms with Gasteiger partial charge in [0.25, 0.3) is 5.69 Å². The molecule has 2 rings (SSSR count). The Morgan fingerprint density at radius 1 is 1.40 bits per heavy atom. The van der Waals surface area contributed by atoms with Crippen molar-refractivity contribution in [3.63, 3.8) is 0 Å². The predicted octanol–water partition coefficient (Wildman–Crippen LogP) is 3.30. The number of nitro benzene ring substituents is 1. The molecule has 6 nitrogen and oxygen atoms in total. The van der Waals surface area contributed by atoms with E-state index < -0.39 is 4.92 Å². The maximum absolute atomic E-state index is 11.6. The largest absolute Gasteiger partial charge is 0.461 e. The van der Waals surface area contributed by atoms with Crippen molar-refractivity contribution >= 4 is 17.2 Å². The van der Waals surface area contributed by atoms with Crippen molar-refractivity contribution in [3.8, 4) is 0 Å². The number of nitrogens with zero attached hydrogens (tertiary/aromatic N) is 1. The van der Waals surface area contributed by atoms with Crippen LogP contribution < -0.4 is 5.32 Å². The molecule has 6 heteroatoms. The van der Waals surface area contributed by atoms with Gasteiger partial charge in [0, 0.05) is 30.1 Å². The summed E-state index contributed by atoms with van der Waals surface area (Å²) < 4.78 is 4.95. The summed E-state index contributed by atoms with van der Waals surface area (Å²) in [6, 6.07) is 7.67. The molecule has 0 spiro atoms. The second-order valence-electron chi connectivity index (χ2n) is 4.08. The van der Waals surface area contributed by atoms with Crippen molar-refractivity contribution in [1.82, 2.24) is 0 Å². The molecule has 0 bridgehead atoms. The van der Waals surface area contributed by atoms with E-state index in [1.807, 2.05) is 6.92 Å². The molecule has 1 aromatic carbocycles. The molecule has 0 atom stereocenters. The lowest BCUT2D eigenvalue weighted by Crippen LogP contribution is -1.97. The van der Waals surface area contributed by atoms with Gasteiger partial charge in [-0.25, -0.2) is 0 Å². The topological polar surface area (TPSA) is 85.4 Å². The van der Waals surface area contributed by atoms with Gasteiger partial charge in [-0.2, -0.15) is 0 Å². The molecule has 102 valence electrons. The number of non-ortho nitro benzene ring substituents is 1. The second kappa shape index (κ2) is 5.83. The van der Waals surface area contributed by atoms with Gasteiger partial charge in [-0.15, -0.1) is 0 Å². The van der Waals surface area contributed by atoms with Crippen molar-refractivity contribution in [1.29, 1.82) is 0 Å². The quantitative estimate of drug-likeness (QED) is 0.390. The molecule has 2 aromatic rings. The fraction of sp³-hybridized carbons (Fsp3) is 0.0714. The van der Waals surface area contributed by atoms with Gasteiger partial charge in [-0.05, 0) is 24.6 Å². The summed E-state index contributed by atoms with van der Waals surface area (Å²) in [5.74, 6) is -0.0515. The highest BCUT2D eigenvalue weighted by Crippen LogP contribution is 2.21. The standard InChI is InChI=1S/C14H12N2O4/c1-10-4-5-11(16(18)19)9-12(10)15-7-6-13(17)14-3-2-8-20-14/h2-9,15H,1H3/b7-6+. The van der Waals surface area contributed by atoms with Gasteiger partial charge in [0.2, 0.25) is 5.78 Å². The van der Waals surface area contributed by atoms with Crippen LogP contribution in [0.5, 0.6) is 0 Å². The lowest BCUT2D eigenvalue weighted by Gasteiger charge is -2.04. The van der Waals surface area contributed by atoms with Gasteiger partial charge in [0.05, 0.1) is 11.2 Å². The lowest BCUT2D eigenvalue weighted by atomic mass is 10.2. The zero-order chi connectivity index (χ0) is 14.5. The molecule has 1 N–H and O–H groups in total. The van der Waals surface area contributed by atoms with Gasteiger partial charge >= 0.3 is 0 Å². The third kappa shape index (κ3) is 3.11. The number of carbonyl (C=O) groups excluding carboxylic acids is 1. The molecule has 20 heavy (non-hydrogen) atoms.